The second-order valence-corrected chi connectivity index (χ2v) is 5.30. The van der Waals surface area contributed by atoms with E-state index in [1.54, 1.807) is 18.2 Å². The van der Waals surface area contributed by atoms with Gasteiger partial charge in [-0.3, -0.25) is 0 Å². The maximum Gasteiger partial charge on any atom is 0.416 e. The number of rotatable bonds is 4. The molecule has 5 heteroatoms. The average Bonchev–Trinajstić information content (AvgIpc) is 2.70. The lowest BCUT2D eigenvalue weighted by Gasteiger charge is -2.09. The molecule has 0 saturated heterocycles. The topological polar surface area (TPSA) is 22.1 Å². The first-order valence-corrected chi connectivity index (χ1v) is 8.51. The SMILES string of the molecule is C=Cc1cccc(-c2ccc(Oc3ccc(C(F)(F)F)cc3)cc2)n1.CC. The van der Waals surface area contributed by atoms with Crippen LogP contribution in [0.3, 0.4) is 0 Å². The summed E-state index contributed by atoms with van der Waals surface area (Å²) in [5, 5.41) is 0. The summed E-state index contributed by atoms with van der Waals surface area (Å²) in [6.07, 6.45) is -2.68. The fourth-order valence-corrected chi connectivity index (χ4v) is 2.27. The van der Waals surface area contributed by atoms with Crippen molar-refractivity contribution in [2.24, 2.45) is 0 Å². The standard InChI is InChI=1S/C20H14F3NO.C2H6/c1-2-16-4-3-5-19(24-16)14-6-10-17(11-7-14)25-18-12-8-15(9-13-18)20(21,22)23;1-2/h2-13H,1H2;1-2H3. The van der Waals surface area contributed by atoms with E-state index < -0.39 is 11.7 Å². The highest BCUT2D eigenvalue weighted by Crippen LogP contribution is 2.31. The Morgan fingerprint density at radius 1 is 0.852 bits per heavy atom. The minimum absolute atomic E-state index is 0.340. The van der Waals surface area contributed by atoms with Gasteiger partial charge >= 0.3 is 6.18 Å². The minimum atomic E-state index is -4.35. The largest absolute Gasteiger partial charge is 0.457 e. The Balaban J connectivity index is 0.00000126. The van der Waals surface area contributed by atoms with Crippen molar-refractivity contribution in [3.8, 4) is 22.8 Å². The smallest absolute Gasteiger partial charge is 0.416 e. The van der Waals surface area contributed by atoms with E-state index in [9.17, 15) is 13.2 Å². The number of nitrogens with zero attached hydrogens (tertiary/aromatic N) is 1. The molecule has 0 atom stereocenters. The zero-order chi connectivity index (χ0) is 19.9. The number of pyridine rings is 1. The first-order chi connectivity index (χ1) is 13.0. The van der Waals surface area contributed by atoms with Crippen LogP contribution in [0.5, 0.6) is 11.5 Å². The predicted molar refractivity (Wildman–Crippen MR) is 103 cm³/mol. The van der Waals surface area contributed by atoms with E-state index in [4.69, 9.17) is 4.74 Å². The molecule has 0 saturated carbocycles. The molecule has 0 unspecified atom stereocenters. The van der Waals surface area contributed by atoms with Gasteiger partial charge in [-0.15, -0.1) is 0 Å². The third kappa shape index (κ3) is 5.45. The number of alkyl halides is 3. The molecule has 27 heavy (non-hydrogen) atoms. The highest BCUT2D eigenvalue weighted by Gasteiger charge is 2.30. The van der Waals surface area contributed by atoms with Crippen molar-refractivity contribution in [2.75, 3.05) is 0 Å². The van der Waals surface area contributed by atoms with Gasteiger partial charge in [-0.05, 0) is 66.7 Å². The summed E-state index contributed by atoms with van der Waals surface area (Å²) in [5.41, 5.74) is 1.79. The van der Waals surface area contributed by atoms with E-state index in [-0.39, 0.29) is 0 Å². The second-order valence-electron chi connectivity index (χ2n) is 5.30. The Bertz CT molecular complexity index is 869. The first kappa shape index (κ1) is 20.2. The Morgan fingerprint density at radius 2 is 1.41 bits per heavy atom. The highest BCUT2D eigenvalue weighted by molar-refractivity contribution is 5.62. The predicted octanol–water partition coefficient (Wildman–Crippen LogP) is 7.23. The molecule has 0 spiro atoms. The number of hydrogen-bond acceptors (Lipinski definition) is 2. The summed E-state index contributed by atoms with van der Waals surface area (Å²) in [7, 11) is 0. The molecule has 3 rings (SSSR count). The first-order valence-electron chi connectivity index (χ1n) is 8.51. The molecule has 2 aromatic carbocycles. The lowest BCUT2D eigenvalue weighted by Crippen LogP contribution is -2.03. The Kier molecular flexibility index (Phi) is 6.77. The quantitative estimate of drug-likeness (QED) is 0.483. The van der Waals surface area contributed by atoms with Gasteiger partial charge in [0, 0.05) is 5.56 Å². The number of halogens is 3. The highest BCUT2D eigenvalue weighted by atomic mass is 19.4. The van der Waals surface area contributed by atoms with Crippen LogP contribution in [0.15, 0.2) is 73.3 Å². The molecule has 0 fully saturated rings. The van der Waals surface area contributed by atoms with Gasteiger partial charge in [0.25, 0.3) is 0 Å². The molecule has 1 aromatic heterocycles. The number of ether oxygens (including phenoxy) is 1. The van der Waals surface area contributed by atoms with Crippen LogP contribution in [0.4, 0.5) is 13.2 Å². The van der Waals surface area contributed by atoms with Crippen LogP contribution in [0.1, 0.15) is 25.1 Å². The van der Waals surface area contributed by atoms with Crippen molar-refractivity contribution in [1.82, 2.24) is 4.98 Å². The van der Waals surface area contributed by atoms with Crippen molar-refractivity contribution in [3.63, 3.8) is 0 Å². The van der Waals surface area contributed by atoms with Crippen LogP contribution in [-0.4, -0.2) is 4.98 Å². The molecule has 0 bridgehead atoms. The molecular weight excluding hydrogens is 351 g/mol. The van der Waals surface area contributed by atoms with Crippen molar-refractivity contribution < 1.29 is 17.9 Å². The van der Waals surface area contributed by atoms with Gasteiger partial charge in [-0.25, -0.2) is 4.98 Å². The van der Waals surface area contributed by atoms with E-state index in [2.05, 4.69) is 11.6 Å². The third-order valence-electron chi connectivity index (χ3n) is 3.55. The van der Waals surface area contributed by atoms with E-state index in [1.165, 1.54) is 12.1 Å². The van der Waals surface area contributed by atoms with Crippen LogP contribution >= 0.6 is 0 Å². The molecule has 0 aliphatic heterocycles. The maximum atomic E-state index is 12.6. The molecule has 2 nitrogen and oxygen atoms in total. The Hall–Kier alpha value is -3.08. The van der Waals surface area contributed by atoms with Crippen LogP contribution in [-0.2, 0) is 6.18 Å². The summed E-state index contributed by atoms with van der Waals surface area (Å²) in [5.74, 6) is 0.871. The molecular formula is C22H20F3NO. The summed E-state index contributed by atoms with van der Waals surface area (Å²) in [6, 6.07) is 17.4. The van der Waals surface area contributed by atoms with Gasteiger partial charge < -0.3 is 4.74 Å². The fourth-order valence-electron chi connectivity index (χ4n) is 2.27. The molecule has 0 radical (unpaired) electrons. The fraction of sp³-hybridized carbons (Fsp3) is 0.136. The van der Waals surface area contributed by atoms with Crippen molar-refractivity contribution >= 4 is 6.08 Å². The third-order valence-corrected chi connectivity index (χ3v) is 3.55. The molecule has 0 aliphatic rings. The van der Waals surface area contributed by atoms with Crippen LogP contribution in [0.2, 0.25) is 0 Å². The normalized spacial score (nSPS) is 10.6. The maximum absolute atomic E-state index is 12.6. The Morgan fingerprint density at radius 3 is 1.93 bits per heavy atom. The Labute approximate surface area is 157 Å². The number of hydrogen-bond donors (Lipinski definition) is 0. The summed E-state index contributed by atoms with van der Waals surface area (Å²) < 4.78 is 43.2. The van der Waals surface area contributed by atoms with Gasteiger partial charge in [0.1, 0.15) is 11.5 Å². The van der Waals surface area contributed by atoms with Crippen molar-refractivity contribution in [2.45, 2.75) is 20.0 Å². The van der Waals surface area contributed by atoms with Gasteiger partial charge in [-0.1, -0.05) is 26.5 Å². The van der Waals surface area contributed by atoms with Gasteiger partial charge in [-0.2, -0.15) is 13.2 Å². The molecule has 1 heterocycles. The summed E-state index contributed by atoms with van der Waals surface area (Å²) in [4.78, 5) is 4.44. The summed E-state index contributed by atoms with van der Waals surface area (Å²) in [6.45, 7) is 7.70. The van der Waals surface area contributed by atoms with Gasteiger partial charge in [0.05, 0.1) is 17.0 Å². The molecule has 0 amide bonds. The second kappa shape index (κ2) is 9.03. The van der Waals surface area contributed by atoms with Crippen LogP contribution < -0.4 is 4.74 Å². The lowest BCUT2D eigenvalue weighted by molar-refractivity contribution is -0.137. The van der Waals surface area contributed by atoms with Crippen LogP contribution in [0, 0.1) is 0 Å². The zero-order valence-electron chi connectivity index (χ0n) is 15.1. The average molecular weight is 371 g/mol. The van der Waals surface area contributed by atoms with E-state index in [0.29, 0.717) is 11.5 Å². The van der Waals surface area contributed by atoms with E-state index in [0.717, 1.165) is 29.1 Å². The number of benzene rings is 2. The van der Waals surface area contributed by atoms with Crippen LogP contribution in [0.25, 0.3) is 17.3 Å². The van der Waals surface area contributed by atoms with Gasteiger partial charge in [0.15, 0.2) is 0 Å². The zero-order valence-corrected chi connectivity index (χ0v) is 15.1. The van der Waals surface area contributed by atoms with Crippen molar-refractivity contribution in [1.29, 1.82) is 0 Å². The molecule has 3 aromatic rings. The molecule has 0 aliphatic carbocycles. The van der Waals surface area contributed by atoms with Crippen molar-refractivity contribution in [3.05, 3.63) is 84.6 Å². The minimum Gasteiger partial charge on any atom is -0.457 e. The molecule has 0 N–H and O–H groups in total. The monoisotopic (exact) mass is 371 g/mol. The summed E-state index contributed by atoms with van der Waals surface area (Å²) >= 11 is 0. The van der Waals surface area contributed by atoms with Gasteiger partial charge in [0.2, 0.25) is 0 Å². The molecule has 140 valence electrons. The number of aromatic nitrogens is 1. The lowest BCUT2D eigenvalue weighted by atomic mass is 10.1. The van der Waals surface area contributed by atoms with E-state index >= 15 is 0 Å². The van der Waals surface area contributed by atoms with E-state index in [1.807, 2.05) is 44.2 Å².